The van der Waals surface area contributed by atoms with E-state index < -0.39 is 0 Å². The number of nitrogens with zero attached hydrogens (tertiary/aromatic N) is 1. The predicted molar refractivity (Wildman–Crippen MR) is 97.3 cm³/mol. The quantitative estimate of drug-likeness (QED) is 0.665. The Labute approximate surface area is 150 Å². The van der Waals surface area contributed by atoms with Gasteiger partial charge in [-0.2, -0.15) is 0 Å². The number of aromatic nitrogens is 1. The Morgan fingerprint density at radius 1 is 1.15 bits per heavy atom. The van der Waals surface area contributed by atoms with Crippen LogP contribution in [0.25, 0.3) is 10.9 Å². The largest absolute Gasteiger partial charge is 0.496 e. The highest BCUT2D eigenvalue weighted by molar-refractivity contribution is 5.98. The first-order valence-electron chi connectivity index (χ1n) is 8.50. The van der Waals surface area contributed by atoms with E-state index in [2.05, 4.69) is 0 Å². The molecule has 1 unspecified atom stereocenters. The Bertz CT molecular complexity index is 1080. The van der Waals surface area contributed by atoms with Gasteiger partial charge in [-0.05, 0) is 18.2 Å². The van der Waals surface area contributed by atoms with Gasteiger partial charge in [-0.1, -0.05) is 24.3 Å². The predicted octanol–water partition coefficient (Wildman–Crippen LogP) is 4.11. The molecule has 0 N–H and O–H groups in total. The van der Waals surface area contributed by atoms with E-state index in [1.54, 1.807) is 24.9 Å². The summed E-state index contributed by atoms with van der Waals surface area (Å²) >= 11 is 0. The van der Waals surface area contributed by atoms with Crippen molar-refractivity contribution in [2.75, 3.05) is 13.7 Å². The summed E-state index contributed by atoms with van der Waals surface area (Å²) in [6.07, 6.45) is 1.71. The van der Waals surface area contributed by atoms with Gasteiger partial charge in [0, 0.05) is 34.9 Å². The van der Waals surface area contributed by atoms with Crippen LogP contribution in [0.3, 0.4) is 0 Å². The second kappa shape index (κ2) is 5.39. The number of hydrogen-bond acceptors (Lipinski definition) is 4. The summed E-state index contributed by atoms with van der Waals surface area (Å²) in [5.74, 6) is 2.01. The molecule has 1 atom stereocenters. The normalized spacial score (nSPS) is 17.3. The van der Waals surface area contributed by atoms with Gasteiger partial charge in [-0.3, -0.25) is 4.79 Å². The van der Waals surface area contributed by atoms with Gasteiger partial charge in [-0.15, -0.1) is 0 Å². The lowest BCUT2D eigenvalue weighted by Crippen LogP contribution is -2.23. The maximum atomic E-state index is 12.3. The third-order valence-electron chi connectivity index (χ3n) is 5.09. The van der Waals surface area contributed by atoms with Crippen LogP contribution >= 0.6 is 0 Å². The van der Waals surface area contributed by atoms with Crippen molar-refractivity contribution in [3.63, 3.8) is 0 Å². The minimum atomic E-state index is -0.0772. The topological polar surface area (TPSA) is 49.7 Å². The van der Waals surface area contributed by atoms with Crippen LogP contribution in [0.1, 0.15) is 28.8 Å². The zero-order valence-electron chi connectivity index (χ0n) is 14.5. The number of methoxy groups -OCH3 is 1. The van der Waals surface area contributed by atoms with Crippen molar-refractivity contribution in [2.24, 2.45) is 0 Å². The van der Waals surface area contributed by atoms with Gasteiger partial charge < -0.3 is 14.2 Å². The van der Waals surface area contributed by atoms with Crippen LogP contribution in [0.4, 0.5) is 0 Å². The van der Waals surface area contributed by atoms with Crippen LogP contribution in [0.2, 0.25) is 0 Å². The second-order valence-corrected chi connectivity index (χ2v) is 6.49. The van der Waals surface area contributed by atoms with E-state index in [-0.39, 0.29) is 11.8 Å². The van der Waals surface area contributed by atoms with Gasteiger partial charge >= 0.3 is 0 Å². The van der Waals surface area contributed by atoms with Crippen molar-refractivity contribution >= 4 is 16.8 Å². The molecular formula is C21H17NO4. The monoisotopic (exact) mass is 347 g/mol. The Morgan fingerprint density at radius 3 is 2.81 bits per heavy atom. The van der Waals surface area contributed by atoms with Gasteiger partial charge in [0.25, 0.3) is 0 Å². The molecule has 2 aliphatic heterocycles. The van der Waals surface area contributed by atoms with Crippen molar-refractivity contribution in [1.29, 1.82) is 0 Å². The highest BCUT2D eigenvalue weighted by Crippen LogP contribution is 2.52. The Hall–Kier alpha value is -3.21. The number of rotatable bonds is 1. The fourth-order valence-corrected chi connectivity index (χ4v) is 4.05. The molecule has 0 fully saturated rings. The summed E-state index contributed by atoms with van der Waals surface area (Å²) < 4.78 is 19.1. The molecule has 26 heavy (non-hydrogen) atoms. The molecule has 0 amide bonds. The zero-order valence-corrected chi connectivity index (χ0v) is 14.5. The number of hydrogen-bond donors (Lipinski definition) is 0. The average Bonchev–Trinajstić information content (AvgIpc) is 3.01. The number of fused-ring (bicyclic) bond motifs is 7. The molecule has 5 heteroatoms. The highest BCUT2D eigenvalue weighted by Gasteiger charge is 2.39. The van der Waals surface area contributed by atoms with E-state index in [4.69, 9.17) is 14.2 Å². The Kier molecular flexibility index (Phi) is 3.13. The molecule has 2 aromatic carbocycles. The summed E-state index contributed by atoms with van der Waals surface area (Å²) in [4.78, 5) is 12.3. The molecular weight excluding hydrogens is 330 g/mol. The first-order chi connectivity index (χ1) is 12.7. The molecule has 0 saturated carbocycles. The summed E-state index contributed by atoms with van der Waals surface area (Å²) in [5, 5.41) is 1.01. The number of benzene rings is 2. The number of para-hydroxylation sites is 1. The fraction of sp³-hybridized carbons (Fsp3) is 0.190. The smallest absolute Gasteiger partial charge is 0.230 e. The third-order valence-corrected chi connectivity index (χ3v) is 5.09. The van der Waals surface area contributed by atoms with Gasteiger partial charge in [0.1, 0.15) is 18.1 Å². The van der Waals surface area contributed by atoms with Crippen molar-refractivity contribution in [1.82, 2.24) is 4.57 Å². The fourth-order valence-electron chi connectivity index (χ4n) is 4.05. The first-order valence-corrected chi connectivity index (χ1v) is 8.50. The van der Waals surface area contributed by atoms with Gasteiger partial charge in [0.05, 0.1) is 18.9 Å². The lowest BCUT2D eigenvalue weighted by atomic mass is 9.81. The first kappa shape index (κ1) is 15.1. The molecule has 130 valence electrons. The van der Waals surface area contributed by atoms with Crippen molar-refractivity contribution in [2.45, 2.75) is 12.8 Å². The number of carbonyl (C=O) groups is 1. The minimum absolute atomic E-state index is 0.0656. The maximum Gasteiger partial charge on any atom is 0.230 e. The SMILES string of the molecule is COc1cccc2c1C1C(=COc3c1c1ccccc1n3C(C)=O)CO2. The van der Waals surface area contributed by atoms with E-state index >= 15 is 0 Å². The number of ether oxygens (including phenoxy) is 3. The summed E-state index contributed by atoms with van der Waals surface area (Å²) in [5.41, 5.74) is 3.83. The second-order valence-electron chi connectivity index (χ2n) is 6.49. The molecule has 2 aliphatic rings. The standard InChI is InChI=1S/C21H17NO4/c1-12(23)22-15-7-4-3-6-14(15)19-18-13(11-26-21(19)22)10-25-17-9-5-8-16(24-2)20(17)18/h3-9,11,18H,10H2,1-2H3. The molecule has 3 heterocycles. The maximum absolute atomic E-state index is 12.3. The van der Waals surface area contributed by atoms with E-state index in [9.17, 15) is 4.79 Å². The van der Waals surface area contributed by atoms with Crippen molar-refractivity contribution in [3.05, 3.63) is 65.4 Å². The zero-order chi connectivity index (χ0) is 17.8. The van der Waals surface area contributed by atoms with E-state index in [1.165, 1.54) is 0 Å². The van der Waals surface area contributed by atoms with Crippen LogP contribution in [0.5, 0.6) is 17.4 Å². The molecule has 1 aromatic heterocycles. The van der Waals surface area contributed by atoms with Gasteiger partial charge in [0.2, 0.25) is 11.8 Å². The van der Waals surface area contributed by atoms with Crippen LogP contribution in [0.15, 0.2) is 54.3 Å². The minimum Gasteiger partial charge on any atom is -0.496 e. The molecule has 0 aliphatic carbocycles. The Morgan fingerprint density at radius 2 is 2.00 bits per heavy atom. The Balaban J connectivity index is 1.88. The van der Waals surface area contributed by atoms with Crippen molar-refractivity contribution in [3.8, 4) is 17.4 Å². The van der Waals surface area contributed by atoms with Gasteiger partial charge in [-0.25, -0.2) is 4.57 Å². The van der Waals surface area contributed by atoms with E-state index in [1.807, 2.05) is 42.5 Å². The lowest BCUT2D eigenvalue weighted by Gasteiger charge is -2.32. The molecule has 5 rings (SSSR count). The molecule has 0 bridgehead atoms. The lowest BCUT2D eigenvalue weighted by molar-refractivity contribution is 0.0933. The average molecular weight is 347 g/mol. The highest BCUT2D eigenvalue weighted by atomic mass is 16.5. The molecule has 5 nitrogen and oxygen atoms in total. The van der Waals surface area contributed by atoms with Crippen LogP contribution in [-0.2, 0) is 0 Å². The third kappa shape index (κ3) is 1.88. The van der Waals surface area contributed by atoms with E-state index in [0.717, 1.165) is 39.1 Å². The molecule has 3 aromatic rings. The van der Waals surface area contributed by atoms with E-state index in [0.29, 0.717) is 12.5 Å². The molecule has 0 spiro atoms. The molecule has 0 saturated heterocycles. The summed E-state index contributed by atoms with van der Waals surface area (Å²) in [6, 6.07) is 13.7. The van der Waals surface area contributed by atoms with Crippen LogP contribution in [0, 0.1) is 0 Å². The van der Waals surface area contributed by atoms with Crippen LogP contribution in [-0.4, -0.2) is 24.2 Å². The van der Waals surface area contributed by atoms with Crippen LogP contribution < -0.4 is 14.2 Å². The summed E-state index contributed by atoms with van der Waals surface area (Å²) in [6.45, 7) is 2.00. The number of carbonyl (C=O) groups excluding carboxylic acids is 1. The van der Waals surface area contributed by atoms with Crippen molar-refractivity contribution < 1.29 is 19.0 Å². The summed E-state index contributed by atoms with van der Waals surface area (Å²) in [7, 11) is 1.66. The molecule has 0 radical (unpaired) electrons. The van der Waals surface area contributed by atoms with Gasteiger partial charge in [0.15, 0.2) is 0 Å².